The van der Waals surface area contributed by atoms with Crippen molar-refractivity contribution in [1.29, 1.82) is 0 Å². The average molecular weight is 232 g/mol. The van der Waals surface area contributed by atoms with E-state index >= 15 is 0 Å². The minimum atomic E-state index is -1.26. The van der Waals surface area contributed by atoms with E-state index in [0.29, 0.717) is 0 Å². The fraction of sp³-hybridized carbons (Fsp3) is 0.667. The molecule has 0 saturated carbocycles. The van der Waals surface area contributed by atoms with Gasteiger partial charge in [0.1, 0.15) is 0 Å². The lowest BCUT2D eigenvalue weighted by Crippen LogP contribution is -2.25. The first-order chi connectivity index (χ1) is 7.30. The number of hydrogen-bond donors (Lipinski definition) is 1. The largest absolute Gasteiger partial charge is 0.479 e. The number of carboxylic acids is 1. The quantitative estimate of drug-likeness (QED) is 0.663. The van der Waals surface area contributed by atoms with Crippen LogP contribution in [-0.2, 0) is 28.6 Å². The Balaban J connectivity index is 2.40. The molecule has 0 radical (unpaired) electrons. The van der Waals surface area contributed by atoms with Gasteiger partial charge in [0, 0.05) is 13.8 Å². The number of aliphatic carboxylic acids is 1. The number of ether oxygens (including phenoxy) is 3. The van der Waals surface area contributed by atoms with Crippen LogP contribution in [-0.4, -0.2) is 41.5 Å². The van der Waals surface area contributed by atoms with Gasteiger partial charge < -0.3 is 19.3 Å². The van der Waals surface area contributed by atoms with Crippen LogP contribution in [0.4, 0.5) is 0 Å². The molecule has 0 bridgehead atoms. The maximum Gasteiger partial charge on any atom is 0.341 e. The summed E-state index contributed by atoms with van der Waals surface area (Å²) in [5.74, 6) is -3.79. The van der Waals surface area contributed by atoms with Gasteiger partial charge in [-0.15, -0.1) is 0 Å². The number of carboxylic acid groups (broad SMARTS) is 1. The van der Waals surface area contributed by atoms with Crippen molar-refractivity contribution in [1.82, 2.24) is 0 Å². The zero-order valence-electron chi connectivity index (χ0n) is 8.89. The summed E-state index contributed by atoms with van der Waals surface area (Å²) < 4.78 is 14.3. The lowest BCUT2D eigenvalue weighted by atomic mass is 10.2. The molecule has 90 valence electrons. The molecule has 0 aromatic carbocycles. The van der Waals surface area contributed by atoms with Gasteiger partial charge in [0.2, 0.25) is 5.79 Å². The highest BCUT2D eigenvalue weighted by atomic mass is 16.8. The smallest absolute Gasteiger partial charge is 0.341 e. The third-order valence-electron chi connectivity index (χ3n) is 1.74. The summed E-state index contributed by atoms with van der Waals surface area (Å²) >= 11 is 0. The van der Waals surface area contributed by atoms with Crippen LogP contribution in [0.25, 0.3) is 0 Å². The molecule has 1 heterocycles. The molecule has 7 nitrogen and oxygen atoms in total. The Hall–Kier alpha value is -1.63. The van der Waals surface area contributed by atoms with E-state index in [2.05, 4.69) is 4.74 Å². The molecule has 0 aromatic heterocycles. The van der Waals surface area contributed by atoms with Crippen LogP contribution in [0.5, 0.6) is 0 Å². The third-order valence-corrected chi connectivity index (χ3v) is 1.74. The van der Waals surface area contributed by atoms with E-state index in [4.69, 9.17) is 14.6 Å². The first-order valence-corrected chi connectivity index (χ1v) is 4.58. The molecule has 0 amide bonds. The van der Waals surface area contributed by atoms with Crippen LogP contribution < -0.4 is 0 Å². The van der Waals surface area contributed by atoms with Gasteiger partial charge >= 0.3 is 17.9 Å². The molecule has 1 atom stereocenters. The molecular weight excluding hydrogens is 220 g/mol. The van der Waals surface area contributed by atoms with Gasteiger partial charge in [-0.05, 0) is 0 Å². The Bertz CT molecular complexity index is 320. The first-order valence-electron chi connectivity index (χ1n) is 4.58. The van der Waals surface area contributed by atoms with Crippen molar-refractivity contribution in [3.05, 3.63) is 0 Å². The first kappa shape index (κ1) is 12.4. The van der Waals surface area contributed by atoms with Crippen molar-refractivity contribution in [3.63, 3.8) is 0 Å². The SMILES string of the molecule is CC1(C)OC(=O)[C@H](CC(=O)OCC(=O)O)O1. The van der Waals surface area contributed by atoms with Crippen molar-refractivity contribution < 1.29 is 33.7 Å². The van der Waals surface area contributed by atoms with E-state index in [0.717, 1.165) is 0 Å². The van der Waals surface area contributed by atoms with Gasteiger partial charge in [0.15, 0.2) is 12.7 Å². The molecule has 1 N–H and O–H groups in total. The Labute approximate surface area is 91.3 Å². The van der Waals surface area contributed by atoms with Crippen LogP contribution in [0.3, 0.4) is 0 Å². The van der Waals surface area contributed by atoms with Crippen LogP contribution in [0.15, 0.2) is 0 Å². The zero-order chi connectivity index (χ0) is 12.3. The number of esters is 2. The lowest BCUT2D eigenvalue weighted by Gasteiger charge is -2.14. The molecule has 16 heavy (non-hydrogen) atoms. The predicted octanol–water partition coefficient (Wildman–Crippen LogP) is -0.318. The van der Waals surface area contributed by atoms with Crippen LogP contribution in [0.1, 0.15) is 20.3 Å². The highest BCUT2D eigenvalue weighted by Gasteiger charge is 2.42. The molecule has 0 unspecified atom stereocenters. The van der Waals surface area contributed by atoms with E-state index in [9.17, 15) is 14.4 Å². The van der Waals surface area contributed by atoms with Crippen molar-refractivity contribution in [2.24, 2.45) is 0 Å². The minimum Gasteiger partial charge on any atom is -0.479 e. The normalized spacial score (nSPS) is 22.6. The highest BCUT2D eigenvalue weighted by molar-refractivity contribution is 5.84. The number of hydrogen-bond acceptors (Lipinski definition) is 6. The zero-order valence-corrected chi connectivity index (χ0v) is 8.89. The lowest BCUT2D eigenvalue weighted by molar-refractivity contribution is -0.163. The molecule has 0 aromatic rings. The second-order valence-electron chi connectivity index (χ2n) is 3.69. The predicted molar refractivity (Wildman–Crippen MR) is 48.3 cm³/mol. The van der Waals surface area contributed by atoms with Gasteiger partial charge in [0.05, 0.1) is 6.42 Å². The monoisotopic (exact) mass is 232 g/mol. The highest BCUT2D eigenvalue weighted by Crippen LogP contribution is 2.25. The number of carbonyl (C=O) groups excluding carboxylic acids is 2. The van der Waals surface area contributed by atoms with Crippen LogP contribution in [0.2, 0.25) is 0 Å². The fourth-order valence-corrected chi connectivity index (χ4v) is 1.20. The van der Waals surface area contributed by atoms with E-state index < -0.39 is 36.4 Å². The standard InChI is InChI=1S/C9H12O7/c1-9(2)15-5(8(13)16-9)3-7(12)14-4-6(10)11/h5H,3-4H2,1-2H3,(H,10,11)/t5-/m0/s1. The second kappa shape index (κ2) is 4.48. The maximum atomic E-state index is 11.2. The molecule has 7 heteroatoms. The Morgan fingerprint density at radius 3 is 2.56 bits per heavy atom. The van der Waals surface area contributed by atoms with Gasteiger partial charge in [-0.2, -0.15) is 0 Å². The van der Waals surface area contributed by atoms with Gasteiger partial charge in [-0.1, -0.05) is 0 Å². The van der Waals surface area contributed by atoms with E-state index in [1.807, 2.05) is 0 Å². The molecule has 1 aliphatic rings. The summed E-state index contributed by atoms with van der Waals surface area (Å²) in [4.78, 5) is 32.4. The Kier molecular flexibility index (Phi) is 3.48. The molecule has 1 aliphatic heterocycles. The average Bonchev–Trinajstić information content (AvgIpc) is 2.36. The summed E-state index contributed by atoms with van der Waals surface area (Å²) in [6.07, 6.45) is -1.38. The third kappa shape index (κ3) is 3.50. The van der Waals surface area contributed by atoms with Crippen LogP contribution >= 0.6 is 0 Å². The van der Waals surface area contributed by atoms with Crippen molar-refractivity contribution in [2.75, 3.05) is 6.61 Å². The second-order valence-corrected chi connectivity index (χ2v) is 3.69. The molecule has 1 saturated heterocycles. The maximum absolute atomic E-state index is 11.2. The van der Waals surface area contributed by atoms with Crippen molar-refractivity contribution in [2.45, 2.75) is 32.2 Å². The van der Waals surface area contributed by atoms with E-state index in [-0.39, 0.29) is 6.42 Å². The Morgan fingerprint density at radius 1 is 1.50 bits per heavy atom. The topological polar surface area (TPSA) is 99.1 Å². The summed E-state index contributed by atoms with van der Waals surface area (Å²) in [5.41, 5.74) is 0. The molecule has 1 fully saturated rings. The number of cyclic esters (lactones) is 1. The van der Waals surface area contributed by atoms with Crippen molar-refractivity contribution >= 4 is 17.9 Å². The van der Waals surface area contributed by atoms with Crippen LogP contribution in [0, 0.1) is 0 Å². The number of carbonyl (C=O) groups is 3. The van der Waals surface area contributed by atoms with Crippen molar-refractivity contribution in [3.8, 4) is 0 Å². The minimum absolute atomic E-state index is 0.352. The summed E-state index contributed by atoms with van der Waals surface area (Å²) in [5, 5.41) is 8.26. The van der Waals surface area contributed by atoms with Gasteiger partial charge in [-0.3, -0.25) is 4.79 Å². The van der Waals surface area contributed by atoms with E-state index in [1.54, 1.807) is 0 Å². The molecule has 1 rings (SSSR count). The molecular formula is C9H12O7. The number of rotatable bonds is 4. The summed E-state index contributed by atoms with van der Waals surface area (Å²) in [6, 6.07) is 0. The van der Waals surface area contributed by atoms with E-state index in [1.165, 1.54) is 13.8 Å². The molecule has 0 aliphatic carbocycles. The Morgan fingerprint density at radius 2 is 2.12 bits per heavy atom. The fourth-order valence-electron chi connectivity index (χ4n) is 1.20. The summed E-state index contributed by atoms with van der Waals surface area (Å²) in [6.45, 7) is 2.34. The summed E-state index contributed by atoms with van der Waals surface area (Å²) in [7, 11) is 0. The molecule has 0 spiro atoms. The van der Waals surface area contributed by atoms with Gasteiger partial charge in [-0.25, -0.2) is 9.59 Å². The van der Waals surface area contributed by atoms with Gasteiger partial charge in [0.25, 0.3) is 0 Å².